The Hall–Kier alpha value is -1.92. The maximum absolute atomic E-state index is 10.7. The second-order valence-corrected chi connectivity index (χ2v) is 5.40. The Morgan fingerprint density at radius 2 is 1.95 bits per heavy atom. The zero-order valence-electron chi connectivity index (χ0n) is 11.7. The molecule has 0 amide bonds. The maximum Gasteiger partial charge on any atom is 0.273 e. The first kappa shape index (κ1) is 15.5. The molecule has 0 radical (unpaired) electrons. The van der Waals surface area contributed by atoms with E-state index in [0.717, 1.165) is 10.0 Å². The van der Waals surface area contributed by atoms with Crippen molar-refractivity contribution < 1.29 is 9.66 Å². The minimum Gasteiger partial charge on any atom is -0.457 e. The number of hydrogen-bond acceptors (Lipinski definition) is 4. The average Bonchev–Trinajstić information content (AvgIpc) is 2.47. The van der Waals surface area contributed by atoms with Gasteiger partial charge in [0.15, 0.2) is 0 Å². The van der Waals surface area contributed by atoms with Gasteiger partial charge in [-0.1, -0.05) is 28.1 Å². The van der Waals surface area contributed by atoms with E-state index in [0.29, 0.717) is 11.5 Å². The van der Waals surface area contributed by atoms with Crippen molar-refractivity contribution in [3.05, 3.63) is 62.6 Å². The standard InChI is InChI=1S/C15H15BrN2O3/c1-10(17-2)14-7-6-13(9-15(14)16)21-12-5-3-4-11(8-12)18(19)20/h3-10,17H,1-2H3. The zero-order valence-corrected chi connectivity index (χ0v) is 13.3. The van der Waals surface area contributed by atoms with Gasteiger partial charge in [-0.05, 0) is 37.7 Å². The van der Waals surface area contributed by atoms with Gasteiger partial charge in [0.25, 0.3) is 5.69 Å². The predicted octanol–water partition coefficient (Wildman–Crippen LogP) is 4.43. The van der Waals surface area contributed by atoms with E-state index in [9.17, 15) is 10.1 Å². The highest BCUT2D eigenvalue weighted by Gasteiger charge is 2.10. The van der Waals surface area contributed by atoms with Crippen LogP contribution in [0.1, 0.15) is 18.5 Å². The molecule has 0 spiro atoms. The molecular weight excluding hydrogens is 336 g/mol. The lowest BCUT2D eigenvalue weighted by Gasteiger charge is -2.14. The second kappa shape index (κ2) is 6.69. The third-order valence-electron chi connectivity index (χ3n) is 3.14. The van der Waals surface area contributed by atoms with Crippen molar-refractivity contribution in [1.29, 1.82) is 0 Å². The molecule has 1 N–H and O–H groups in total. The van der Waals surface area contributed by atoms with Crippen LogP contribution in [-0.4, -0.2) is 12.0 Å². The van der Waals surface area contributed by atoms with Crippen molar-refractivity contribution in [3.63, 3.8) is 0 Å². The number of nitrogens with one attached hydrogen (secondary N) is 1. The molecule has 1 atom stereocenters. The highest BCUT2D eigenvalue weighted by Crippen LogP contribution is 2.31. The smallest absolute Gasteiger partial charge is 0.273 e. The van der Waals surface area contributed by atoms with Gasteiger partial charge in [-0.3, -0.25) is 10.1 Å². The van der Waals surface area contributed by atoms with Gasteiger partial charge >= 0.3 is 0 Å². The number of nitro groups is 1. The number of nitrogens with zero attached hydrogens (tertiary/aromatic N) is 1. The monoisotopic (exact) mass is 350 g/mol. The molecule has 0 heterocycles. The third kappa shape index (κ3) is 3.80. The summed E-state index contributed by atoms with van der Waals surface area (Å²) in [4.78, 5) is 10.3. The van der Waals surface area contributed by atoms with Crippen LogP contribution in [0.15, 0.2) is 46.9 Å². The van der Waals surface area contributed by atoms with Crippen LogP contribution >= 0.6 is 15.9 Å². The molecule has 0 fully saturated rings. The van der Waals surface area contributed by atoms with Crippen molar-refractivity contribution in [2.45, 2.75) is 13.0 Å². The highest BCUT2D eigenvalue weighted by atomic mass is 79.9. The number of halogens is 1. The number of non-ortho nitro benzene ring substituents is 1. The van der Waals surface area contributed by atoms with Gasteiger partial charge in [0, 0.05) is 16.6 Å². The molecule has 0 aliphatic rings. The Morgan fingerprint density at radius 1 is 1.24 bits per heavy atom. The second-order valence-electron chi connectivity index (χ2n) is 4.55. The lowest BCUT2D eigenvalue weighted by atomic mass is 10.1. The van der Waals surface area contributed by atoms with Gasteiger partial charge in [-0.15, -0.1) is 0 Å². The van der Waals surface area contributed by atoms with Gasteiger partial charge < -0.3 is 10.1 Å². The molecule has 2 rings (SSSR count). The summed E-state index contributed by atoms with van der Waals surface area (Å²) in [6.45, 7) is 2.06. The fraction of sp³-hybridized carbons (Fsp3) is 0.200. The predicted molar refractivity (Wildman–Crippen MR) is 84.8 cm³/mol. The van der Waals surface area contributed by atoms with E-state index in [4.69, 9.17) is 4.74 Å². The van der Waals surface area contributed by atoms with Crippen LogP contribution in [0.25, 0.3) is 0 Å². The molecule has 5 nitrogen and oxygen atoms in total. The third-order valence-corrected chi connectivity index (χ3v) is 3.82. The first-order valence-electron chi connectivity index (χ1n) is 6.40. The normalized spacial score (nSPS) is 12.0. The number of nitro benzene ring substituents is 1. The van der Waals surface area contributed by atoms with Crippen LogP contribution in [0, 0.1) is 10.1 Å². The van der Waals surface area contributed by atoms with Gasteiger partial charge in [-0.25, -0.2) is 0 Å². The minimum absolute atomic E-state index is 0.00647. The fourth-order valence-corrected chi connectivity index (χ4v) is 2.58. The molecule has 0 saturated carbocycles. The summed E-state index contributed by atoms with van der Waals surface area (Å²) >= 11 is 3.51. The highest BCUT2D eigenvalue weighted by molar-refractivity contribution is 9.10. The number of ether oxygens (including phenoxy) is 1. The van der Waals surface area contributed by atoms with E-state index in [-0.39, 0.29) is 11.7 Å². The Bertz CT molecular complexity index is 661. The van der Waals surface area contributed by atoms with Crippen molar-refractivity contribution in [3.8, 4) is 11.5 Å². The molecule has 0 bridgehead atoms. The van der Waals surface area contributed by atoms with Crippen LogP contribution in [0.3, 0.4) is 0 Å². The van der Waals surface area contributed by atoms with Gasteiger partial charge in [0.2, 0.25) is 0 Å². The molecule has 0 aromatic heterocycles. The van der Waals surface area contributed by atoms with Crippen molar-refractivity contribution in [2.24, 2.45) is 0 Å². The Balaban J connectivity index is 2.22. The van der Waals surface area contributed by atoms with E-state index >= 15 is 0 Å². The van der Waals surface area contributed by atoms with Crippen LogP contribution in [0.4, 0.5) is 5.69 Å². The molecule has 21 heavy (non-hydrogen) atoms. The lowest BCUT2D eigenvalue weighted by molar-refractivity contribution is -0.384. The van der Waals surface area contributed by atoms with E-state index in [2.05, 4.69) is 28.2 Å². The van der Waals surface area contributed by atoms with Gasteiger partial charge in [0.1, 0.15) is 11.5 Å². The topological polar surface area (TPSA) is 64.4 Å². The largest absolute Gasteiger partial charge is 0.457 e. The summed E-state index contributed by atoms with van der Waals surface area (Å²) < 4.78 is 6.59. The number of benzene rings is 2. The molecule has 0 aliphatic carbocycles. The SMILES string of the molecule is CNC(C)c1ccc(Oc2cccc([N+](=O)[O-])c2)cc1Br. The van der Waals surface area contributed by atoms with Crippen molar-refractivity contribution in [2.75, 3.05) is 7.05 Å². The van der Waals surface area contributed by atoms with Crippen LogP contribution < -0.4 is 10.1 Å². The first-order valence-corrected chi connectivity index (χ1v) is 7.19. The first-order chi connectivity index (χ1) is 10.0. The maximum atomic E-state index is 10.7. The lowest BCUT2D eigenvalue weighted by Crippen LogP contribution is -2.12. The summed E-state index contributed by atoms with van der Waals surface area (Å²) in [5.41, 5.74) is 1.12. The van der Waals surface area contributed by atoms with Crippen LogP contribution in [0.5, 0.6) is 11.5 Å². The van der Waals surface area contributed by atoms with Crippen molar-refractivity contribution in [1.82, 2.24) is 5.32 Å². The summed E-state index contributed by atoms with van der Waals surface area (Å²) in [6, 6.07) is 12.0. The molecule has 2 aromatic rings. The average molecular weight is 351 g/mol. The Morgan fingerprint density at radius 3 is 2.57 bits per heavy atom. The van der Waals surface area contributed by atoms with E-state index in [1.165, 1.54) is 12.1 Å². The Labute approximate surface area is 131 Å². The molecule has 1 unspecified atom stereocenters. The van der Waals surface area contributed by atoms with Gasteiger partial charge in [-0.2, -0.15) is 0 Å². The molecule has 110 valence electrons. The fourth-order valence-electron chi connectivity index (χ4n) is 1.87. The number of rotatable bonds is 5. The van der Waals surface area contributed by atoms with Crippen LogP contribution in [0.2, 0.25) is 0 Å². The quantitative estimate of drug-likeness (QED) is 0.639. The summed E-state index contributed by atoms with van der Waals surface area (Å²) in [5.74, 6) is 1.06. The summed E-state index contributed by atoms with van der Waals surface area (Å²) in [6.07, 6.45) is 0. The van der Waals surface area contributed by atoms with Gasteiger partial charge in [0.05, 0.1) is 11.0 Å². The van der Waals surface area contributed by atoms with E-state index in [1.807, 2.05) is 25.2 Å². The molecular formula is C15H15BrN2O3. The van der Waals surface area contributed by atoms with Crippen molar-refractivity contribution >= 4 is 21.6 Å². The molecule has 0 saturated heterocycles. The summed E-state index contributed by atoms with van der Waals surface area (Å²) in [7, 11) is 1.89. The molecule has 2 aromatic carbocycles. The zero-order chi connectivity index (χ0) is 15.4. The van der Waals surface area contributed by atoms with E-state index < -0.39 is 4.92 Å². The minimum atomic E-state index is -0.444. The van der Waals surface area contributed by atoms with Crippen LogP contribution in [-0.2, 0) is 0 Å². The van der Waals surface area contributed by atoms with E-state index in [1.54, 1.807) is 12.1 Å². The molecule has 6 heteroatoms. The Kier molecular flexibility index (Phi) is 4.93. The summed E-state index contributed by atoms with van der Waals surface area (Å²) in [5, 5.41) is 13.9. The number of hydrogen-bond donors (Lipinski definition) is 1. The molecule has 0 aliphatic heterocycles.